The van der Waals surface area contributed by atoms with Gasteiger partial charge in [-0.2, -0.15) is 4.31 Å². The highest BCUT2D eigenvalue weighted by Crippen LogP contribution is 2.25. The number of amides is 1. The van der Waals surface area contributed by atoms with Crippen LogP contribution in [0.5, 0.6) is 0 Å². The van der Waals surface area contributed by atoms with E-state index in [4.69, 9.17) is 4.74 Å². The summed E-state index contributed by atoms with van der Waals surface area (Å²) >= 11 is 0. The van der Waals surface area contributed by atoms with Gasteiger partial charge in [0.15, 0.2) is 0 Å². The average molecular weight is 621 g/mol. The molecule has 0 saturated carbocycles. The third-order valence-corrected chi connectivity index (χ3v) is 8.98. The Hall–Kier alpha value is -3.73. The minimum atomic E-state index is -4.04. The molecule has 0 radical (unpaired) electrons. The lowest BCUT2D eigenvalue weighted by atomic mass is 10.0. The Kier molecular flexibility index (Phi) is 10.5. The summed E-state index contributed by atoms with van der Waals surface area (Å²) < 4.78 is 37.1. The molecule has 1 aromatic heterocycles. The van der Waals surface area contributed by atoms with Crippen LogP contribution in [0.4, 0.5) is 4.79 Å². The number of hydrogen-bond acceptors (Lipinski definition) is 6. The Bertz CT molecular complexity index is 1650. The minimum absolute atomic E-state index is 0.0158. The van der Waals surface area contributed by atoms with Crippen LogP contribution in [0.25, 0.3) is 11.0 Å². The predicted octanol–water partition coefficient (Wildman–Crippen LogP) is 5.54. The first-order valence-electron chi connectivity index (χ1n) is 15.0. The first-order chi connectivity index (χ1) is 20.7. The van der Waals surface area contributed by atoms with Crippen LogP contribution < -0.4 is 5.32 Å². The maximum Gasteiger partial charge on any atom is 0.407 e. The van der Waals surface area contributed by atoms with E-state index in [0.717, 1.165) is 17.0 Å². The van der Waals surface area contributed by atoms with Crippen LogP contribution in [0, 0.1) is 12.8 Å². The van der Waals surface area contributed by atoms with E-state index in [1.807, 2.05) is 86.0 Å². The number of nitrogens with zero attached hydrogens (tertiary/aromatic N) is 3. The summed E-state index contributed by atoms with van der Waals surface area (Å²) in [7, 11) is -4.04. The summed E-state index contributed by atoms with van der Waals surface area (Å²) in [4.78, 5) is 17.5. The molecule has 236 valence electrons. The van der Waals surface area contributed by atoms with E-state index in [1.54, 1.807) is 39.0 Å². The van der Waals surface area contributed by atoms with Crippen molar-refractivity contribution in [2.75, 3.05) is 13.1 Å². The topological polar surface area (TPSA) is 114 Å². The number of benzene rings is 3. The van der Waals surface area contributed by atoms with Gasteiger partial charge in [-0.15, -0.1) is 0 Å². The monoisotopic (exact) mass is 620 g/mol. The fraction of sp³-hybridized carbons (Fsp3) is 0.412. The number of aromatic nitrogens is 2. The summed E-state index contributed by atoms with van der Waals surface area (Å²) in [6.07, 6.45) is -1.60. The molecule has 2 N–H and O–H groups in total. The van der Waals surface area contributed by atoms with Gasteiger partial charge in [-0.3, -0.25) is 0 Å². The van der Waals surface area contributed by atoms with Crippen molar-refractivity contribution in [3.05, 3.63) is 95.8 Å². The molecule has 0 spiro atoms. The van der Waals surface area contributed by atoms with Gasteiger partial charge in [-0.1, -0.05) is 74.5 Å². The van der Waals surface area contributed by atoms with Gasteiger partial charge >= 0.3 is 6.09 Å². The number of hydrogen-bond donors (Lipinski definition) is 2. The summed E-state index contributed by atoms with van der Waals surface area (Å²) in [5.74, 6) is 0.766. The largest absolute Gasteiger partial charge is 0.444 e. The molecular formula is C34H44N4O5S. The normalized spacial score (nSPS) is 13.8. The maximum absolute atomic E-state index is 14.2. The van der Waals surface area contributed by atoms with Gasteiger partial charge in [0, 0.05) is 19.6 Å². The molecule has 10 heteroatoms. The third-order valence-electron chi connectivity index (χ3n) is 7.16. The molecule has 44 heavy (non-hydrogen) atoms. The Morgan fingerprint density at radius 1 is 0.977 bits per heavy atom. The van der Waals surface area contributed by atoms with Crippen LogP contribution in [0.1, 0.15) is 51.6 Å². The molecule has 1 heterocycles. The van der Waals surface area contributed by atoms with Crippen molar-refractivity contribution in [3.63, 3.8) is 0 Å². The number of rotatable bonds is 12. The van der Waals surface area contributed by atoms with Gasteiger partial charge < -0.3 is 19.7 Å². The summed E-state index contributed by atoms with van der Waals surface area (Å²) in [6, 6.07) is 23.5. The highest BCUT2D eigenvalue weighted by Gasteiger charge is 2.32. The van der Waals surface area contributed by atoms with Crippen molar-refractivity contribution in [2.45, 2.75) is 77.2 Å². The predicted molar refractivity (Wildman–Crippen MR) is 173 cm³/mol. The number of aliphatic hydroxyl groups is 1. The lowest BCUT2D eigenvalue weighted by Crippen LogP contribution is -2.51. The number of carbonyl (C=O) groups is 1. The zero-order valence-corrected chi connectivity index (χ0v) is 27.2. The highest BCUT2D eigenvalue weighted by atomic mass is 32.2. The van der Waals surface area contributed by atoms with Crippen molar-refractivity contribution in [1.82, 2.24) is 19.2 Å². The lowest BCUT2D eigenvalue weighted by Gasteiger charge is -2.31. The molecule has 2 atom stereocenters. The molecule has 0 aliphatic rings. The van der Waals surface area contributed by atoms with Crippen LogP contribution in [0.2, 0.25) is 0 Å². The van der Waals surface area contributed by atoms with E-state index in [-0.39, 0.29) is 23.9 Å². The second kappa shape index (κ2) is 13.9. The van der Waals surface area contributed by atoms with Gasteiger partial charge in [-0.05, 0) is 69.4 Å². The second-order valence-corrected chi connectivity index (χ2v) is 14.5. The standard InChI is InChI=1S/C34H44N4O5S/c1-24(2)21-37(23-32(39)30(19-26-13-9-7-10-14-26)36-33(40)43-34(4,5)6)44(41,42)28-17-18-29-31(20-28)38(25(3)35-29)22-27-15-11-8-12-16-27/h7-18,20,24,30,32,39H,19,21-23H2,1-6H3,(H,36,40)/t30-,32+/m0/s1. The van der Waals surface area contributed by atoms with Crippen molar-refractivity contribution in [2.24, 2.45) is 5.92 Å². The fourth-order valence-corrected chi connectivity index (χ4v) is 6.76. The van der Waals surface area contributed by atoms with Crippen LogP contribution in [0.15, 0.2) is 83.8 Å². The molecular weight excluding hydrogens is 576 g/mol. The minimum Gasteiger partial charge on any atom is -0.444 e. The van der Waals surface area contributed by atoms with E-state index in [2.05, 4.69) is 10.3 Å². The van der Waals surface area contributed by atoms with Crippen LogP contribution in [0.3, 0.4) is 0 Å². The number of sulfonamides is 1. The van der Waals surface area contributed by atoms with Gasteiger partial charge in [0.25, 0.3) is 0 Å². The SMILES string of the molecule is Cc1nc2ccc(S(=O)(=O)N(CC(C)C)C[C@@H](O)[C@H](Cc3ccccc3)NC(=O)OC(C)(C)C)cc2n1Cc1ccccc1. The third kappa shape index (κ3) is 8.68. The van der Waals surface area contributed by atoms with Gasteiger partial charge in [0.05, 0.1) is 28.1 Å². The first kappa shape index (κ1) is 33.2. The van der Waals surface area contributed by atoms with E-state index in [0.29, 0.717) is 24.0 Å². The molecule has 0 unspecified atom stereocenters. The molecule has 0 aliphatic carbocycles. The summed E-state index contributed by atoms with van der Waals surface area (Å²) in [5, 5.41) is 14.3. The Balaban J connectivity index is 1.65. The molecule has 0 saturated heterocycles. The number of aliphatic hydroxyl groups excluding tert-OH is 1. The number of ether oxygens (including phenoxy) is 1. The Labute approximate surface area is 260 Å². The zero-order chi connectivity index (χ0) is 32.1. The average Bonchev–Trinajstić information content (AvgIpc) is 3.26. The molecule has 0 bridgehead atoms. The van der Waals surface area contributed by atoms with Crippen molar-refractivity contribution in [1.29, 1.82) is 0 Å². The van der Waals surface area contributed by atoms with E-state index in [1.165, 1.54) is 4.31 Å². The smallest absolute Gasteiger partial charge is 0.407 e. The van der Waals surface area contributed by atoms with Crippen LogP contribution in [-0.4, -0.2) is 64.3 Å². The second-order valence-electron chi connectivity index (χ2n) is 12.6. The van der Waals surface area contributed by atoms with Gasteiger partial charge in [-0.25, -0.2) is 18.2 Å². The van der Waals surface area contributed by atoms with E-state index >= 15 is 0 Å². The molecule has 9 nitrogen and oxygen atoms in total. The van der Waals surface area contributed by atoms with Crippen molar-refractivity contribution in [3.8, 4) is 0 Å². The summed E-state index contributed by atoms with van der Waals surface area (Å²) in [5.41, 5.74) is 2.65. The maximum atomic E-state index is 14.2. The fourth-order valence-electron chi connectivity index (χ4n) is 5.12. The van der Waals surface area contributed by atoms with Gasteiger partial charge in [0.2, 0.25) is 10.0 Å². The molecule has 1 amide bonds. The number of alkyl carbamates (subject to hydrolysis) is 1. The number of nitrogens with one attached hydrogen (secondary N) is 1. The number of imidazole rings is 1. The number of carbonyl (C=O) groups excluding carboxylic acids is 1. The molecule has 3 aromatic carbocycles. The number of fused-ring (bicyclic) bond motifs is 1. The molecule has 4 aromatic rings. The highest BCUT2D eigenvalue weighted by molar-refractivity contribution is 7.89. The van der Waals surface area contributed by atoms with E-state index in [9.17, 15) is 18.3 Å². The molecule has 0 aliphatic heterocycles. The van der Waals surface area contributed by atoms with Crippen LogP contribution in [-0.2, 0) is 27.7 Å². The lowest BCUT2D eigenvalue weighted by molar-refractivity contribution is 0.0400. The number of aryl methyl sites for hydroxylation is 1. The van der Waals surface area contributed by atoms with Gasteiger partial charge in [0.1, 0.15) is 11.4 Å². The van der Waals surface area contributed by atoms with Crippen molar-refractivity contribution < 1.29 is 23.1 Å². The molecule has 0 fully saturated rings. The van der Waals surface area contributed by atoms with Crippen molar-refractivity contribution >= 4 is 27.1 Å². The Morgan fingerprint density at radius 2 is 1.59 bits per heavy atom. The molecule has 4 rings (SSSR count). The summed E-state index contributed by atoms with van der Waals surface area (Å²) in [6.45, 7) is 11.6. The Morgan fingerprint density at radius 3 is 2.18 bits per heavy atom. The zero-order valence-electron chi connectivity index (χ0n) is 26.4. The van der Waals surface area contributed by atoms with Crippen LogP contribution >= 0.6 is 0 Å². The quantitative estimate of drug-likeness (QED) is 0.215. The first-order valence-corrected chi connectivity index (χ1v) is 16.4. The van der Waals surface area contributed by atoms with E-state index < -0.39 is 33.9 Å².